The number of ketones is 1. The van der Waals surface area contributed by atoms with Crippen molar-refractivity contribution in [2.75, 3.05) is 20.8 Å². The third-order valence-electron chi connectivity index (χ3n) is 3.49. The van der Waals surface area contributed by atoms with Crippen LogP contribution in [0.1, 0.15) is 71.1 Å². The predicted octanol–water partition coefficient (Wildman–Crippen LogP) is 4.14. The molecule has 0 spiro atoms. The van der Waals surface area contributed by atoms with E-state index < -0.39 is 0 Å². The molecule has 0 heterocycles. The van der Waals surface area contributed by atoms with E-state index in [4.69, 9.17) is 9.47 Å². The Morgan fingerprint density at radius 1 is 0.895 bits per heavy atom. The van der Waals surface area contributed by atoms with Gasteiger partial charge in [-0.3, -0.25) is 4.79 Å². The molecule has 0 aromatic heterocycles. The van der Waals surface area contributed by atoms with Crippen molar-refractivity contribution in [3.8, 4) is 0 Å². The van der Waals surface area contributed by atoms with Crippen molar-refractivity contribution in [3.63, 3.8) is 0 Å². The van der Waals surface area contributed by atoms with Gasteiger partial charge in [-0.15, -0.1) is 0 Å². The summed E-state index contributed by atoms with van der Waals surface area (Å²) in [5, 5.41) is 0. The van der Waals surface area contributed by atoms with Gasteiger partial charge in [0.25, 0.3) is 0 Å². The topological polar surface area (TPSA) is 35.5 Å². The normalized spacial score (nSPS) is 12.6. The van der Waals surface area contributed by atoms with Crippen LogP contribution < -0.4 is 0 Å². The zero-order valence-corrected chi connectivity index (χ0v) is 13.1. The second-order valence-electron chi connectivity index (χ2n) is 5.22. The fraction of sp³-hybridized carbons (Fsp3) is 0.938. The molecule has 0 saturated carbocycles. The van der Waals surface area contributed by atoms with Gasteiger partial charge in [-0.25, -0.2) is 0 Å². The number of rotatable bonds is 14. The molecule has 19 heavy (non-hydrogen) atoms. The summed E-state index contributed by atoms with van der Waals surface area (Å²) in [5.41, 5.74) is 0. The van der Waals surface area contributed by atoms with E-state index >= 15 is 0 Å². The van der Waals surface area contributed by atoms with Crippen LogP contribution in [-0.2, 0) is 14.3 Å². The molecule has 0 aliphatic heterocycles. The first-order chi connectivity index (χ1) is 9.26. The first-order valence-corrected chi connectivity index (χ1v) is 7.80. The molecule has 0 saturated heterocycles. The van der Waals surface area contributed by atoms with Crippen LogP contribution in [0.25, 0.3) is 0 Å². The number of unbranched alkanes of at least 4 members (excludes halogenated alkanes) is 8. The molecule has 114 valence electrons. The van der Waals surface area contributed by atoms with Crippen LogP contribution in [0.4, 0.5) is 0 Å². The largest absolute Gasteiger partial charge is 0.382 e. The van der Waals surface area contributed by atoms with Gasteiger partial charge in [0.15, 0.2) is 5.78 Å². The molecule has 0 rings (SSSR count). The van der Waals surface area contributed by atoms with Crippen LogP contribution in [0.2, 0.25) is 0 Å². The molecule has 0 aliphatic carbocycles. The molecule has 0 fully saturated rings. The Hall–Kier alpha value is -0.410. The van der Waals surface area contributed by atoms with Crippen LogP contribution >= 0.6 is 0 Å². The summed E-state index contributed by atoms with van der Waals surface area (Å²) in [7, 11) is 3.16. The Morgan fingerprint density at radius 3 is 1.89 bits per heavy atom. The van der Waals surface area contributed by atoms with Gasteiger partial charge in [-0.05, 0) is 6.42 Å². The predicted molar refractivity (Wildman–Crippen MR) is 79.5 cm³/mol. The fourth-order valence-corrected chi connectivity index (χ4v) is 2.21. The van der Waals surface area contributed by atoms with Crippen molar-refractivity contribution in [2.24, 2.45) is 0 Å². The van der Waals surface area contributed by atoms with Gasteiger partial charge < -0.3 is 9.47 Å². The van der Waals surface area contributed by atoms with E-state index in [-0.39, 0.29) is 11.9 Å². The van der Waals surface area contributed by atoms with Crippen molar-refractivity contribution in [3.05, 3.63) is 0 Å². The molecule has 0 amide bonds. The average molecular weight is 272 g/mol. The smallest absolute Gasteiger partial charge is 0.163 e. The summed E-state index contributed by atoms with van der Waals surface area (Å²) in [6.07, 6.45) is 11.7. The molecular weight excluding hydrogens is 240 g/mol. The first kappa shape index (κ1) is 18.6. The quantitative estimate of drug-likeness (QED) is 0.446. The molecule has 1 unspecified atom stereocenters. The standard InChI is InChI=1S/C16H32O3/c1-4-5-6-7-8-9-10-11-12-13-15(17)16(19-3)14-18-2/h16H,4-14H2,1-3H3. The Balaban J connectivity index is 3.35. The van der Waals surface area contributed by atoms with E-state index in [0.717, 1.165) is 12.8 Å². The van der Waals surface area contributed by atoms with E-state index in [1.54, 1.807) is 14.2 Å². The van der Waals surface area contributed by atoms with Crippen molar-refractivity contribution in [1.29, 1.82) is 0 Å². The maximum Gasteiger partial charge on any atom is 0.163 e. The monoisotopic (exact) mass is 272 g/mol. The van der Waals surface area contributed by atoms with Crippen LogP contribution in [0.5, 0.6) is 0 Å². The SMILES string of the molecule is CCCCCCCCCCCC(=O)C(COC)OC. The zero-order chi connectivity index (χ0) is 14.3. The summed E-state index contributed by atoms with van der Waals surface area (Å²) in [6.45, 7) is 2.61. The second-order valence-corrected chi connectivity index (χ2v) is 5.22. The minimum Gasteiger partial charge on any atom is -0.382 e. The van der Waals surface area contributed by atoms with Gasteiger partial charge in [0.2, 0.25) is 0 Å². The Kier molecular flexibility index (Phi) is 13.7. The number of carbonyl (C=O) groups is 1. The third kappa shape index (κ3) is 11.1. The van der Waals surface area contributed by atoms with Gasteiger partial charge in [0.05, 0.1) is 6.61 Å². The van der Waals surface area contributed by atoms with Crippen molar-refractivity contribution < 1.29 is 14.3 Å². The molecule has 3 nitrogen and oxygen atoms in total. The number of Topliss-reactive ketones (excluding diaryl/α,β-unsaturated/α-hetero) is 1. The van der Waals surface area contributed by atoms with E-state index in [0.29, 0.717) is 13.0 Å². The van der Waals surface area contributed by atoms with Crippen LogP contribution in [0, 0.1) is 0 Å². The van der Waals surface area contributed by atoms with E-state index in [9.17, 15) is 4.79 Å². The summed E-state index contributed by atoms with van der Waals surface area (Å²) in [6, 6.07) is 0. The molecule has 0 aromatic rings. The summed E-state index contributed by atoms with van der Waals surface area (Å²) < 4.78 is 10.1. The van der Waals surface area contributed by atoms with Gasteiger partial charge >= 0.3 is 0 Å². The maximum atomic E-state index is 11.8. The van der Waals surface area contributed by atoms with Crippen molar-refractivity contribution >= 4 is 5.78 Å². The molecule has 1 atom stereocenters. The lowest BCUT2D eigenvalue weighted by Crippen LogP contribution is -2.27. The van der Waals surface area contributed by atoms with E-state index in [1.165, 1.54) is 44.9 Å². The van der Waals surface area contributed by atoms with Crippen LogP contribution in [-0.4, -0.2) is 32.7 Å². The molecule has 0 bridgehead atoms. The Labute approximate surface area is 119 Å². The van der Waals surface area contributed by atoms with E-state index in [1.807, 2.05) is 0 Å². The molecular formula is C16H32O3. The van der Waals surface area contributed by atoms with Gasteiger partial charge in [-0.2, -0.15) is 0 Å². The summed E-state index contributed by atoms with van der Waals surface area (Å²) in [4.78, 5) is 11.8. The highest BCUT2D eigenvalue weighted by Crippen LogP contribution is 2.11. The molecule has 0 radical (unpaired) electrons. The number of ether oxygens (including phenoxy) is 2. The molecule has 0 N–H and O–H groups in total. The first-order valence-electron chi connectivity index (χ1n) is 7.80. The second kappa shape index (κ2) is 14.0. The number of carbonyl (C=O) groups excluding carboxylic acids is 1. The highest BCUT2D eigenvalue weighted by Gasteiger charge is 2.16. The molecule has 0 aromatic carbocycles. The summed E-state index contributed by atoms with van der Waals surface area (Å²) >= 11 is 0. The highest BCUT2D eigenvalue weighted by atomic mass is 16.5. The summed E-state index contributed by atoms with van der Waals surface area (Å²) in [5.74, 6) is 0.173. The minimum atomic E-state index is -0.376. The maximum absolute atomic E-state index is 11.8. The fourth-order valence-electron chi connectivity index (χ4n) is 2.21. The molecule has 0 aliphatic rings. The highest BCUT2D eigenvalue weighted by molar-refractivity contribution is 5.83. The minimum absolute atomic E-state index is 0.173. The number of hydrogen-bond acceptors (Lipinski definition) is 3. The van der Waals surface area contributed by atoms with Crippen molar-refractivity contribution in [1.82, 2.24) is 0 Å². The lowest BCUT2D eigenvalue weighted by molar-refractivity contribution is -0.131. The van der Waals surface area contributed by atoms with Gasteiger partial charge in [-0.1, -0.05) is 58.3 Å². The number of methoxy groups -OCH3 is 2. The van der Waals surface area contributed by atoms with Gasteiger partial charge in [0, 0.05) is 20.6 Å². The van der Waals surface area contributed by atoms with Crippen LogP contribution in [0.15, 0.2) is 0 Å². The van der Waals surface area contributed by atoms with Gasteiger partial charge in [0.1, 0.15) is 6.10 Å². The average Bonchev–Trinajstić information content (AvgIpc) is 2.42. The Bertz CT molecular complexity index is 204. The zero-order valence-electron chi connectivity index (χ0n) is 13.1. The number of hydrogen-bond donors (Lipinski definition) is 0. The lowest BCUT2D eigenvalue weighted by atomic mass is 10.0. The van der Waals surface area contributed by atoms with Crippen molar-refractivity contribution in [2.45, 2.75) is 77.2 Å². The Morgan fingerprint density at radius 2 is 1.42 bits per heavy atom. The third-order valence-corrected chi connectivity index (χ3v) is 3.49. The van der Waals surface area contributed by atoms with E-state index in [2.05, 4.69) is 6.92 Å². The molecule has 3 heteroatoms. The van der Waals surface area contributed by atoms with Crippen LogP contribution in [0.3, 0.4) is 0 Å². The lowest BCUT2D eigenvalue weighted by Gasteiger charge is -2.12.